The standard InChI is InChI=1S/C20H17ClN2O2/c1-23-16-10-8-14-15(9-11-17(25-3)18(14)21)19(16)22-20(23)12-4-6-13(24-2)7-5-12/h4-11H,1-3H3. The zero-order valence-electron chi connectivity index (χ0n) is 14.2. The number of ether oxygens (including phenoxy) is 2. The largest absolute Gasteiger partial charge is 0.497 e. The first-order valence-electron chi connectivity index (χ1n) is 7.90. The molecule has 0 radical (unpaired) electrons. The molecule has 0 aliphatic heterocycles. The lowest BCUT2D eigenvalue weighted by atomic mass is 10.1. The van der Waals surface area contributed by atoms with E-state index < -0.39 is 0 Å². The molecule has 0 bridgehead atoms. The minimum Gasteiger partial charge on any atom is -0.497 e. The van der Waals surface area contributed by atoms with Gasteiger partial charge in [-0.25, -0.2) is 4.98 Å². The number of fused-ring (bicyclic) bond motifs is 3. The number of rotatable bonds is 3. The molecule has 0 N–H and O–H groups in total. The van der Waals surface area contributed by atoms with Gasteiger partial charge in [0.1, 0.15) is 17.3 Å². The topological polar surface area (TPSA) is 36.3 Å². The molecule has 126 valence electrons. The number of hydrogen-bond donors (Lipinski definition) is 0. The Morgan fingerprint density at radius 2 is 1.60 bits per heavy atom. The predicted octanol–water partition coefficient (Wildman–Crippen LogP) is 5.06. The van der Waals surface area contributed by atoms with E-state index in [1.807, 2.05) is 55.6 Å². The maximum atomic E-state index is 6.47. The summed E-state index contributed by atoms with van der Waals surface area (Å²) in [6, 6.07) is 15.9. The summed E-state index contributed by atoms with van der Waals surface area (Å²) in [7, 11) is 5.30. The molecule has 0 aliphatic rings. The quantitative estimate of drug-likeness (QED) is 0.517. The van der Waals surface area contributed by atoms with Gasteiger partial charge in [0.15, 0.2) is 0 Å². The van der Waals surface area contributed by atoms with Gasteiger partial charge in [0.05, 0.1) is 30.3 Å². The molecule has 0 aliphatic carbocycles. The molecule has 4 rings (SSSR count). The Balaban J connectivity index is 1.97. The highest BCUT2D eigenvalue weighted by Gasteiger charge is 2.15. The van der Waals surface area contributed by atoms with Crippen molar-refractivity contribution in [3.8, 4) is 22.9 Å². The van der Waals surface area contributed by atoms with Gasteiger partial charge in [0, 0.05) is 23.4 Å². The molecule has 1 aromatic heterocycles. The Morgan fingerprint density at radius 1 is 0.880 bits per heavy atom. The molecule has 0 atom stereocenters. The van der Waals surface area contributed by atoms with E-state index in [4.69, 9.17) is 26.1 Å². The van der Waals surface area contributed by atoms with Crippen LogP contribution in [0.2, 0.25) is 5.02 Å². The second-order valence-electron chi connectivity index (χ2n) is 5.83. The first-order valence-corrected chi connectivity index (χ1v) is 8.28. The van der Waals surface area contributed by atoms with Crippen molar-refractivity contribution in [2.24, 2.45) is 7.05 Å². The number of halogens is 1. The molecule has 0 amide bonds. The lowest BCUT2D eigenvalue weighted by Crippen LogP contribution is -1.92. The van der Waals surface area contributed by atoms with E-state index in [1.165, 1.54) is 0 Å². The highest BCUT2D eigenvalue weighted by atomic mass is 35.5. The minimum atomic E-state index is 0.610. The second-order valence-corrected chi connectivity index (χ2v) is 6.21. The fraction of sp³-hybridized carbons (Fsp3) is 0.150. The van der Waals surface area contributed by atoms with Crippen molar-refractivity contribution < 1.29 is 9.47 Å². The van der Waals surface area contributed by atoms with Gasteiger partial charge in [-0.3, -0.25) is 0 Å². The lowest BCUT2D eigenvalue weighted by molar-refractivity contribution is 0.415. The smallest absolute Gasteiger partial charge is 0.140 e. The van der Waals surface area contributed by atoms with Crippen molar-refractivity contribution in [1.29, 1.82) is 0 Å². The normalized spacial score (nSPS) is 11.2. The second kappa shape index (κ2) is 5.97. The molecule has 25 heavy (non-hydrogen) atoms. The number of nitrogens with zero attached hydrogens (tertiary/aromatic N) is 2. The third kappa shape index (κ3) is 2.41. The third-order valence-electron chi connectivity index (χ3n) is 4.51. The van der Waals surface area contributed by atoms with Gasteiger partial charge in [-0.2, -0.15) is 0 Å². The summed E-state index contributed by atoms with van der Waals surface area (Å²) < 4.78 is 12.6. The van der Waals surface area contributed by atoms with Crippen LogP contribution in [-0.4, -0.2) is 23.8 Å². The molecule has 4 aromatic rings. The molecule has 0 saturated carbocycles. The lowest BCUT2D eigenvalue weighted by Gasteiger charge is -2.07. The van der Waals surface area contributed by atoms with E-state index in [9.17, 15) is 0 Å². The van der Waals surface area contributed by atoms with Gasteiger partial charge < -0.3 is 14.0 Å². The van der Waals surface area contributed by atoms with E-state index >= 15 is 0 Å². The van der Waals surface area contributed by atoms with Crippen LogP contribution in [0.5, 0.6) is 11.5 Å². The van der Waals surface area contributed by atoms with Crippen LogP contribution in [0.1, 0.15) is 0 Å². The number of aryl methyl sites for hydroxylation is 1. The Hall–Kier alpha value is -2.72. The minimum absolute atomic E-state index is 0.610. The molecule has 3 aromatic carbocycles. The van der Waals surface area contributed by atoms with Crippen LogP contribution in [0, 0.1) is 0 Å². The average molecular weight is 353 g/mol. The summed E-state index contributed by atoms with van der Waals surface area (Å²) in [5.74, 6) is 2.39. The molecule has 0 fully saturated rings. The van der Waals surface area contributed by atoms with Gasteiger partial charge in [0.25, 0.3) is 0 Å². The van der Waals surface area contributed by atoms with Crippen LogP contribution in [0.3, 0.4) is 0 Å². The number of methoxy groups -OCH3 is 2. The Bertz CT molecular complexity index is 1080. The van der Waals surface area contributed by atoms with Crippen molar-refractivity contribution in [1.82, 2.24) is 9.55 Å². The summed E-state index contributed by atoms with van der Waals surface area (Å²) in [5.41, 5.74) is 3.02. The molecular formula is C20H17ClN2O2. The van der Waals surface area contributed by atoms with E-state index in [0.29, 0.717) is 10.8 Å². The molecule has 4 nitrogen and oxygen atoms in total. The zero-order chi connectivity index (χ0) is 17.6. The van der Waals surface area contributed by atoms with E-state index in [2.05, 4.69) is 4.57 Å². The molecule has 0 spiro atoms. The van der Waals surface area contributed by atoms with Crippen molar-refractivity contribution in [3.63, 3.8) is 0 Å². The summed E-state index contributed by atoms with van der Waals surface area (Å²) in [6.45, 7) is 0. The number of hydrogen-bond acceptors (Lipinski definition) is 3. The van der Waals surface area contributed by atoms with Crippen LogP contribution in [0.15, 0.2) is 48.5 Å². The SMILES string of the molecule is COc1ccc(-c2nc3c4ccc(OC)c(Cl)c4ccc3n2C)cc1. The Kier molecular flexibility index (Phi) is 3.77. The van der Waals surface area contributed by atoms with Gasteiger partial charge >= 0.3 is 0 Å². The summed E-state index contributed by atoms with van der Waals surface area (Å²) in [4.78, 5) is 4.89. The van der Waals surface area contributed by atoms with Crippen LogP contribution in [0.25, 0.3) is 33.2 Å². The first-order chi connectivity index (χ1) is 12.1. The van der Waals surface area contributed by atoms with Crippen molar-refractivity contribution in [2.75, 3.05) is 14.2 Å². The van der Waals surface area contributed by atoms with Crippen LogP contribution in [0.4, 0.5) is 0 Å². The fourth-order valence-electron chi connectivity index (χ4n) is 3.16. The van der Waals surface area contributed by atoms with Crippen LogP contribution < -0.4 is 9.47 Å². The van der Waals surface area contributed by atoms with E-state index in [-0.39, 0.29) is 0 Å². The van der Waals surface area contributed by atoms with Gasteiger partial charge in [-0.05, 0) is 42.5 Å². The third-order valence-corrected chi connectivity index (χ3v) is 4.90. The fourth-order valence-corrected chi connectivity index (χ4v) is 3.47. The van der Waals surface area contributed by atoms with E-state index in [1.54, 1.807) is 14.2 Å². The number of aromatic nitrogens is 2. The van der Waals surface area contributed by atoms with Crippen LogP contribution >= 0.6 is 11.6 Å². The predicted molar refractivity (Wildman–Crippen MR) is 102 cm³/mol. The number of imidazole rings is 1. The van der Waals surface area contributed by atoms with Gasteiger partial charge in [-0.1, -0.05) is 17.7 Å². The molecular weight excluding hydrogens is 336 g/mol. The summed E-state index contributed by atoms with van der Waals surface area (Å²) in [6.07, 6.45) is 0. The highest BCUT2D eigenvalue weighted by molar-refractivity contribution is 6.37. The van der Waals surface area contributed by atoms with Crippen molar-refractivity contribution in [3.05, 3.63) is 53.6 Å². The molecule has 5 heteroatoms. The number of benzene rings is 3. The van der Waals surface area contributed by atoms with Gasteiger partial charge in [-0.15, -0.1) is 0 Å². The van der Waals surface area contributed by atoms with Gasteiger partial charge in [0.2, 0.25) is 0 Å². The zero-order valence-corrected chi connectivity index (χ0v) is 15.0. The molecule has 1 heterocycles. The first kappa shape index (κ1) is 15.8. The summed E-state index contributed by atoms with van der Waals surface area (Å²) in [5, 5.41) is 2.56. The highest BCUT2D eigenvalue weighted by Crippen LogP contribution is 2.37. The van der Waals surface area contributed by atoms with E-state index in [0.717, 1.165) is 38.9 Å². The Morgan fingerprint density at radius 3 is 2.28 bits per heavy atom. The molecule has 0 saturated heterocycles. The summed E-state index contributed by atoms with van der Waals surface area (Å²) >= 11 is 6.47. The monoisotopic (exact) mass is 352 g/mol. The van der Waals surface area contributed by atoms with Crippen LogP contribution in [-0.2, 0) is 7.05 Å². The maximum Gasteiger partial charge on any atom is 0.140 e. The maximum absolute atomic E-state index is 6.47. The average Bonchev–Trinajstić information content (AvgIpc) is 2.99. The Labute approximate surface area is 150 Å². The van der Waals surface area contributed by atoms with Crippen molar-refractivity contribution >= 4 is 33.4 Å². The van der Waals surface area contributed by atoms with Crippen molar-refractivity contribution in [2.45, 2.75) is 0 Å². The molecule has 0 unspecified atom stereocenters.